The van der Waals surface area contributed by atoms with Crippen molar-refractivity contribution in [2.45, 2.75) is 13.1 Å². The number of nitrogens with zero attached hydrogens (tertiary/aromatic N) is 3. The molecule has 0 radical (unpaired) electrons. The highest BCUT2D eigenvalue weighted by atomic mass is 79.9. The molecule has 0 aliphatic heterocycles. The Balaban J connectivity index is 1.83. The van der Waals surface area contributed by atoms with Crippen molar-refractivity contribution in [3.05, 3.63) is 75.2 Å². The van der Waals surface area contributed by atoms with E-state index in [9.17, 15) is 9.59 Å². The Morgan fingerprint density at radius 1 is 1.22 bits per heavy atom. The number of methoxy groups -OCH3 is 1. The van der Waals surface area contributed by atoms with Crippen molar-refractivity contribution >= 4 is 32.7 Å². The van der Waals surface area contributed by atoms with Gasteiger partial charge in [0.1, 0.15) is 6.54 Å². The zero-order chi connectivity index (χ0) is 19.2. The number of rotatable bonds is 7. The average molecular weight is 430 g/mol. The fraction of sp³-hybridized carbons (Fsp3) is 0.250. The zero-order valence-electron chi connectivity index (χ0n) is 15.0. The number of carbonyl (C=O) groups excluding carboxylic acids is 1. The van der Waals surface area contributed by atoms with E-state index in [-0.39, 0.29) is 18.0 Å². The van der Waals surface area contributed by atoms with Crippen LogP contribution < -0.4 is 5.56 Å². The third-order valence-corrected chi connectivity index (χ3v) is 4.72. The Morgan fingerprint density at radius 3 is 2.74 bits per heavy atom. The summed E-state index contributed by atoms with van der Waals surface area (Å²) in [6.07, 6.45) is 1.42. The quantitative estimate of drug-likeness (QED) is 0.579. The molecule has 0 saturated carbocycles. The Hall–Kier alpha value is -2.51. The van der Waals surface area contributed by atoms with E-state index < -0.39 is 0 Å². The van der Waals surface area contributed by atoms with Crippen molar-refractivity contribution in [2.24, 2.45) is 0 Å². The summed E-state index contributed by atoms with van der Waals surface area (Å²) in [7, 11) is 1.60. The molecule has 1 aromatic heterocycles. The molecule has 0 aliphatic rings. The first-order valence-corrected chi connectivity index (χ1v) is 9.33. The molecular weight excluding hydrogens is 410 g/mol. The Labute approximate surface area is 165 Å². The molecule has 0 bridgehead atoms. The molecule has 0 unspecified atom stereocenters. The van der Waals surface area contributed by atoms with Gasteiger partial charge in [0.05, 0.1) is 23.8 Å². The van der Waals surface area contributed by atoms with Gasteiger partial charge in [-0.2, -0.15) is 0 Å². The van der Waals surface area contributed by atoms with Gasteiger partial charge in [0.2, 0.25) is 5.91 Å². The van der Waals surface area contributed by atoms with Gasteiger partial charge in [0.25, 0.3) is 5.56 Å². The predicted molar refractivity (Wildman–Crippen MR) is 107 cm³/mol. The second kappa shape index (κ2) is 8.92. The summed E-state index contributed by atoms with van der Waals surface area (Å²) < 4.78 is 7.27. The third-order valence-electron chi connectivity index (χ3n) is 4.23. The normalized spacial score (nSPS) is 10.9. The molecule has 0 atom stereocenters. The van der Waals surface area contributed by atoms with E-state index in [0.29, 0.717) is 30.6 Å². The summed E-state index contributed by atoms with van der Waals surface area (Å²) in [6.45, 7) is 1.27. The van der Waals surface area contributed by atoms with Crippen LogP contribution in [0.3, 0.4) is 0 Å². The van der Waals surface area contributed by atoms with Crippen molar-refractivity contribution in [2.75, 3.05) is 20.3 Å². The van der Waals surface area contributed by atoms with Gasteiger partial charge in [0.15, 0.2) is 0 Å². The molecule has 140 valence electrons. The number of aromatic nitrogens is 2. The first-order valence-electron chi connectivity index (χ1n) is 8.54. The fourth-order valence-corrected chi connectivity index (χ4v) is 3.15. The minimum absolute atomic E-state index is 0.0646. The lowest BCUT2D eigenvalue weighted by Crippen LogP contribution is -2.38. The van der Waals surface area contributed by atoms with Gasteiger partial charge in [-0.1, -0.05) is 46.3 Å². The molecule has 7 heteroatoms. The maximum atomic E-state index is 12.9. The molecule has 0 spiro atoms. The van der Waals surface area contributed by atoms with Gasteiger partial charge in [-0.25, -0.2) is 4.98 Å². The van der Waals surface area contributed by atoms with E-state index >= 15 is 0 Å². The van der Waals surface area contributed by atoms with E-state index in [0.717, 1.165) is 10.0 Å². The summed E-state index contributed by atoms with van der Waals surface area (Å²) >= 11 is 3.37. The number of fused-ring (bicyclic) bond motifs is 1. The number of ether oxygens (including phenoxy) is 1. The van der Waals surface area contributed by atoms with Crippen molar-refractivity contribution in [3.8, 4) is 0 Å². The number of amides is 1. The van der Waals surface area contributed by atoms with Crippen LogP contribution in [0, 0.1) is 0 Å². The lowest BCUT2D eigenvalue weighted by Gasteiger charge is -2.23. The molecule has 0 saturated heterocycles. The minimum Gasteiger partial charge on any atom is -0.383 e. The van der Waals surface area contributed by atoms with Crippen LogP contribution in [-0.4, -0.2) is 40.6 Å². The zero-order valence-corrected chi connectivity index (χ0v) is 16.6. The Kier molecular flexibility index (Phi) is 6.36. The van der Waals surface area contributed by atoms with Crippen LogP contribution in [0.1, 0.15) is 5.56 Å². The summed E-state index contributed by atoms with van der Waals surface area (Å²) in [6, 6.07) is 15.1. The highest BCUT2D eigenvalue weighted by molar-refractivity contribution is 9.10. The number of benzene rings is 2. The van der Waals surface area contributed by atoms with Gasteiger partial charge in [0, 0.05) is 24.7 Å². The van der Waals surface area contributed by atoms with Gasteiger partial charge >= 0.3 is 0 Å². The van der Waals surface area contributed by atoms with Gasteiger partial charge < -0.3 is 9.64 Å². The average Bonchev–Trinajstić information content (AvgIpc) is 2.68. The lowest BCUT2D eigenvalue weighted by molar-refractivity contribution is -0.133. The highest BCUT2D eigenvalue weighted by Gasteiger charge is 2.16. The summed E-state index contributed by atoms with van der Waals surface area (Å²) in [5.74, 6) is -0.158. The second-order valence-electron chi connectivity index (χ2n) is 6.13. The number of hydrogen-bond acceptors (Lipinski definition) is 4. The van der Waals surface area contributed by atoms with E-state index in [1.807, 2.05) is 36.4 Å². The number of carbonyl (C=O) groups is 1. The maximum Gasteiger partial charge on any atom is 0.261 e. The maximum absolute atomic E-state index is 12.9. The van der Waals surface area contributed by atoms with Gasteiger partial charge in [-0.3, -0.25) is 14.2 Å². The minimum atomic E-state index is -0.235. The summed E-state index contributed by atoms with van der Waals surface area (Å²) in [5, 5.41) is 0.478. The SMILES string of the molecule is COCCN(Cc1ccccc1)C(=O)Cn1cnc2ccc(Br)cc2c1=O. The molecule has 6 nitrogen and oxygen atoms in total. The molecule has 1 amide bonds. The number of hydrogen-bond donors (Lipinski definition) is 0. The van der Waals surface area contributed by atoms with Gasteiger partial charge in [-0.05, 0) is 23.8 Å². The van der Waals surface area contributed by atoms with Crippen LogP contribution in [-0.2, 0) is 22.6 Å². The Morgan fingerprint density at radius 2 is 2.00 bits per heavy atom. The molecule has 0 N–H and O–H groups in total. The topological polar surface area (TPSA) is 64.4 Å². The van der Waals surface area contributed by atoms with Crippen molar-refractivity contribution in [1.29, 1.82) is 0 Å². The van der Waals surface area contributed by atoms with Crippen LogP contribution in [0.2, 0.25) is 0 Å². The first kappa shape index (κ1) is 19.3. The fourth-order valence-electron chi connectivity index (χ4n) is 2.79. The number of halogens is 1. The standard InChI is InChI=1S/C20H20BrN3O3/c1-27-10-9-23(12-15-5-3-2-4-6-15)19(25)13-24-14-22-18-8-7-16(21)11-17(18)20(24)26/h2-8,11,14H,9-10,12-13H2,1H3. The summed E-state index contributed by atoms with van der Waals surface area (Å²) in [4.78, 5) is 31.5. The largest absolute Gasteiger partial charge is 0.383 e. The Bertz CT molecular complexity index is 989. The van der Waals surface area contributed by atoms with Crippen LogP contribution in [0.5, 0.6) is 0 Å². The van der Waals surface area contributed by atoms with Crippen LogP contribution in [0.4, 0.5) is 0 Å². The predicted octanol–water partition coefficient (Wildman–Crippen LogP) is 2.83. The third kappa shape index (κ3) is 4.81. The van der Waals surface area contributed by atoms with Crippen molar-refractivity contribution in [1.82, 2.24) is 14.5 Å². The first-order chi connectivity index (χ1) is 13.1. The second-order valence-corrected chi connectivity index (χ2v) is 7.05. The van der Waals surface area contributed by atoms with E-state index in [2.05, 4.69) is 20.9 Å². The van der Waals surface area contributed by atoms with Gasteiger partial charge in [-0.15, -0.1) is 0 Å². The van der Waals surface area contributed by atoms with Crippen LogP contribution in [0.25, 0.3) is 10.9 Å². The van der Waals surface area contributed by atoms with E-state index in [1.165, 1.54) is 10.9 Å². The van der Waals surface area contributed by atoms with Crippen LogP contribution >= 0.6 is 15.9 Å². The smallest absolute Gasteiger partial charge is 0.261 e. The molecule has 27 heavy (non-hydrogen) atoms. The molecule has 3 rings (SSSR count). The van der Waals surface area contributed by atoms with Crippen LogP contribution in [0.15, 0.2) is 64.1 Å². The molecule has 0 fully saturated rings. The summed E-state index contributed by atoms with van der Waals surface area (Å²) in [5.41, 5.74) is 1.39. The molecule has 1 heterocycles. The molecular formula is C20H20BrN3O3. The monoisotopic (exact) mass is 429 g/mol. The lowest BCUT2D eigenvalue weighted by atomic mass is 10.2. The van der Waals surface area contributed by atoms with Crippen molar-refractivity contribution < 1.29 is 9.53 Å². The molecule has 2 aromatic carbocycles. The van der Waals surface area contributed by atoms with Crippen molar-refractivity contribution in [3.63, 3.8) is 0 Å². The van der Waals surface area contributed by atoms with E-state index in [4.69, 9.17) is 4.74 Å². The van der Waals surface area contributed by atoms with E-state index in [1.54, 1.807) is 24.1 Å². The molecule has 3 aromatic rings. The highest BCUT2D eigenvalue weighted by Crippen LogP contribution is 2.15. The molecule has 0 aliphatic carbocycles.